The van der Waals surface area contributed by atoms with Crippen LogP contribution in [0.15, 0.2) is 33.3 Å². The zero-order valence-electron chi connectivity index (χ0n) is 10.1. The lowest BCUT2D eigenvalue weighted by atomic mass is 10.2. The fraction of sp³-hybridized carbons (Fsp3) is 0.455. The Morgan fingerprint density at radius 3 is 2.62 bits per heavy atom. The average molecular weight is 221 g/mol. The Hall–Kier alpha value is -1.78. The third kappa shape index (κ3) is 3.42. The molecule has 0 spiro atoms. The van der Waals surface area contributed by atoms with Gasteiger partial charge in [-0.15, -0.1) is 0 Å². The van der Waals surface area contributed by atoms with Gasteiger partial charge in [0, 0.05) is 20.6 Å². The number of hydrogen-bond acceptors (Lipinski definition) is 1. The Labute approximate surface area is 96.2 Å². The monoisotopic (exact) mass is 221 g/mol. The summed E-state index contributed by atoms with van der Waals surface area (Å²) in [5.41, 5.74) is 13.3. The maximum absolute atomic E-state index is 5.33. The van der Waals surface area contributed by atoms with Gasteiger partial charge in [0.15, 0.2) is 5.96 Å². The highest BCUT2D eigenvalue weighted by Crippen LogP contribution is 2.17. The van der Waals surface area contributed by atoms with Crippen molar-refractivity contribution in [3.05, 3.63) is 23.3 Å². The quantitative estimate of drug-likeness (QED) is 0.525. The molecule has 4 N–H and O–H groups in total. The van der Waals surface area contributed by atoms with Gasteiger partial charge < -0.3 is 16.4 Å². The van der Waals surface area contributed by atoms with Crippen molar-refractivity contribution in [1.82, 2.24) is 4.90 Å². The van der Waals surface area contributed by atoms with Crippen LogP contribution in [0.4, 0.5) is 0 Å². The van der Waals surface area contributed by atoms with Crippen LogP contribution in [0.1, 0.15) is 13.3 Å². The van der Waals surface area contributed by atoms with Gasteiger partial charge in [-0.25, -0.2) is 0 Å². The van der Waals surface area contributed by atoms with Crippen molar-refractivity contribution in [3.63, 3.8) is 0 Å². The van der Waals surface area contributed by atoms with Crippen LogP contribution in [0.5, 0.6) is 0 Å². The van der Waals surface area contributed by atoms with Crippen molar-refractivity contribution in [3.8, 4) is 0 Å². The van der Waals surface area contributed by atoms with Crippen molar-refractivity contribution < 1.29 is 0 Å². The van der Waals surface area contributed by atoms with Crippen LogP contribution in [0, 0.1) is 0 Å². The molecule has 0 saturated carbocycles. The standard InChI is InChI=1S/C11H19N5/c1-8-4-5-9(6-8)7-16(3)11(14-2)15-10(12)13/h5-6H,4,7H2,1-3H3,(H4,12,13,14,15). The van der Waals surface area contributed by atoms with Crippen molar-refractivity contribution in [1.29, 1.82) is 0 Å². The fourth-order valence-electron chi connectivity index (χ4n) is 1.60. The van der Waals surface area contributed by atoms with E-state index in [-0.39, 0.29) is 5.96 Å². The highest BCUT2D eigenvalue weighted by atomic mass is 15.3. The van der Waals surface area contributed by atoms with Gasteiger partial charge in [-0.1, -0.05) is 17.7 Å². The zero-order valence-corrected chi connectivity index (χ0v) is 10.1. The van der Waals surface area contributed by atoms with E-state index in [0.29, 0.717) is 5.96 Å². The number of allylic oxidation sites excluding steroid dienone is 2. The first-order valence-corrected chi connectivity index (χ1v) is 5.16. The van der Waals surface area contributed by atoms with Gasteiger partial charge in [0.25, 0.3) is 0 Å². The molecule has 0 saturated heterocycles. The van der Waals surface area contributed by atoms with E-state index in [0.717, 1.165) is 13.0 Å². The van der Waals surface area contributed by atoms with Crippen molar-refractivity contribution >= 4 is 11.9 Å². The van der Waals surface area contributed by atoms with Crippen LogP contribution in [-0.4, -0.2) is 37.5 Å². The molecule has 0 aromatic heterocycles. The molecule has 0 unspecified atom stereocenters. The third-order valence-corrected chi connectivity index (χ3v) is 2.31. The molecule has 5 nitrogen and oxygen atoms in total. The minimum atomic E-state index is 0.0274. The van der Waals surface area contributed by atoms with E-state index in [1.807, 2.05) is 11.9 Å². The summed E-state index contributed by atoms with van der Waals surface area (Å²) < 4.78 is 0. The predicted molar refractivity (Wildman–Crippen MR) is 68.3 cm³/mol. The number of hydrogen-bond donors (Lipinski definition) is 2. The lowest BCUT2D eigenvalue weighted by Gasteiger charge is -2.17. The van der Waals surface area contributed by atoms with E-state index in [9.17, 15) is 0 Å². The summed E-state index contributed by atoms with van der Waals surface area (Å²) >= 11 is 0. The number of guanidine groups is 2. The molecule has 0 aromatic rings. The smallest absolute Gasteiger partial charge is 0.223 e. The molecular weight excluding hydrogens is 202 g/mol. The molecule has 0 aromatic carbocycles. The summed E-state index contributed by atoms with van der Waals surface area (Å²) in [4.78, 5) is 9.91. The fourth-order valence-corrected chi connectivity index (χ4v) is 1.60. The molecule has 1 aliphatic carbocycles. The predicted octanol–water partition coefficient (Wildman–Crippen LogP) is 0.454. The van der Waals surface area contributed by atoms with Gasteiger partial charge in [0.1, 0.15) is 0 Å². The second kappa shape index (κ2) is 5.34. The Morgan fingerprint density at radius 1 is 1.50 bits per heavy atom. The Balaban J connectivity index is 2.65. The lowest BCUT2D eigenvalue weighted by molar-refractivity contribution is 0.547. The normalized spacial score (nSPS) is 15.6. The maximum Gasteiger partial charge on any atom is 0.223 e. The van der Waals surface area contributed by atoms with Gasteiger partial charge in [0.05, 0.1) is 0 Å². The van der Waals surface area contributed by atoms with Crippen LogP contribution < -0.4 is 11.5 Å². The summed E-state index contributed by atoms with van der Waals surface area (Å²) in [6, 6.07) is 0. The molecule has 0 atom stereocenters. The van der Waals surface area contributed by atoms with Gasteiger partial charge in [-0.3, -0.25) is 4.99 Å². The molecule has 0 heterocycles. The molecule has 88 valence electrons. The number of likely N-dealkylation sites (N-methyl/N-ethyl adjacent to an activating group) is 1. The Kier molecular flexibility index (Phi) is 4.10. The molecule has 0 fully saturated rings. The number of rotatable bonds is 2. The second-order valence-corrected chi connectivity index (χ2v) is 3.89. The molecule has 0 radical (unpaired) electrons. The van der Waals surface area contributed by atoms with Crippen LogP contribution in [0.25, 0.3) is 0 Å². The molecule has 0 amide bonds. The maximum atomic E-state index is 5.33. The zero-order chi connectivity index (χ0) is 12.1. The number of nitrogens with two attached hydrogens (primary N) is 2. The van der Waals surface area contributed by atoms with Gasteiger partial charge in [-0.05, 0) is 18.9 Å². The second-order valence-electron chi connectivity index (χ2n) is 3.89. The molecular formula is C11H19N5. The first kappa shape index (κ1) is 12.3. The van der Waals surface area contributed by atoms with Crippen LogP contribution in [-0.2, 0) is 0 Å². The summed E-state index contributed by atoms with van der Waals surface area (Å²) in [5, 5.41) is 0. The van der Waals surface area contributed by atoms with Crippen molar-refractivity contribution in [2.45, 2.75) is 13.3 Å². The highest BCUT2D eigenvalue weighted by molar-refractivity contribution is 5.93. The highest BCUT2D eigenvalue weighted by Gasteiger charge is 2.09. The van der Waals surface area contributed by atoms with E-state index in [4.69, 9.17) is 11.5 Å². The van der Waals surface area contributed by atoms with E-state index < -0.39 is 0 Å². The molecule has 1 aliphatic rings. The van der Waals surface area contributed by atoms with E-state index in [1.165, 1.54) is 11.1 Å². The first-order chi connectivity index (χ1) is 7.52. The molecule has 0 aliphatic heterocycles. The van der Waals surface area contributed by atoms with Gasteiger partial charge >= 0.3 is 0 Å². The topological polar surface area (TPSA) is 80.0 Å². The minimum absolute atomic E-state index is 0.0274. The number of aliphatic imine (C=N–C) groups is 2. The lowest BCUT2D eigenvalue weighted by Crippen LogP contribution is -2.32. The van der Waals surface area contributed by atoms with E-state index >= 15 is 0 Å². The summed E-state index contributed by atoms with van der Waals surface area (Å²) in [7, 11) is 3.58. The average Bonchev–Trinajstić information content (AvgIpc) is 2.60. The SMILES string of the molecule is CN=C(N=C(N)N)N(C)CC1=CCC(C)=C1. The van der Waals surface area contributed by atoms with Gasteiger partial charge in [-0.2, -0.15) is 4.99 Å². The van der Waals surface area contributed by atoms with Gasteiger partial charge in [0.2, 0.25) is 5.96 Å². The molecule has 0 bridgehead atoms. The molecule has 5 heteroatoms. The van der Waals surface area contributed by atoms with Crippen LogP contribution >= 0.6 is 0 Å². The summed E-state index contributed by atoms with van der Waals surface area (Å²) in [6.45, 7) is 2.88. The minimum Gasteiger partial charge on any atom is -0.370 e. The summed E-state index contributed by atoms with van der Waals surface area (Å²) in [5.74, 6) is 0.568. The summed E-state index contributed by atoms with van der Waals surface area (Å²) in [6.07, 6.45) is 5.41. The Morgan fingerprint density at radius 2 is 2.19 bits per heavy atom. The largest absolute Gasteiger partial charge is 0.370 e. The van der Waals surface area contributed by atoms with Crippen molar-refractivity contribution in [2.75, 3.05) is 20.6 Å². The molecule has 1 rings (SSSR count). The van der Waals surface area contributed by atoms with Crippen LogP contribution in [0.2, 0.25) is 0 Å². The van der Waals surface area contributed by atoms with Crippen molar-refractivity contribution in [2.24, 2.45) is 21.5 Å². The third-order valence-electron chi connectivity index (χ3n) is 2.31. The van der Waals surface area contributed by atoms with Crippen LogP contribution in [0.3, 0.4) is 0 Å². The Bertz CT molecular complexity index is 372. The first-order valence-electron chi connectivity index (χ1n) is 5.16. The van der Waals surface area contributed by atoms with E-state index in [1.54, 1.807) is 7.05 Å². The molecule has 16 heavy (non-hydrogen) atoms. The van der Waals surface area contributed by atoms with E-state index in [2.05, 4.69) is 29.1 Å². The number of nitrogens with zero attached hydrogens (tertiary/aromatic N) is 3.